The van der Waals surface area contributed by atoms with Gasteiger partial charge in [0.2, 0.25) is 0 Å². The molecule has 0 aromatic heterocycles. The molecule has 0 atom stereocenters. The summed E-state index contributed by atoms with van der Waals surface area (Å²) in [7, 11) is 0. The number of hydrogen-bond donors (Lipinski definition) is 4. The van der Waals surface area contributed by atoms with Crippen LogP contribution in [0.1, 0.15) is 22.3 Å². The maximum absolute atomic E-state index is 13.6. The lowest BCUT2D eigenvalue weighted by atomic mass is 9.91. The molecule has 0 radical (unpaired) electrons. The topological polar surface area (TPSA) is 48.8 Å². The van der Waals surface area contributed by atoms with Crippen LogP contribution in [0.2, 0.25) is 0 Å². The Bertz CT molecular complexity index is 2280. The van der Waals surface area contributed by atoms with E-state index in [0.29, 0.717) is 56.9 Å². The molecule has 56 heavy (non-hydrogen) atoms. The van der Waals surface area contributed by atoms with Crippen LogP contribution in [0.25, 0.3) is 32.7 Å². The predicted octanol–water partition coefficient (Wildman–Crippen LogP) is 13.8. The second-order valence-electron chi connectivity index (χ2n) is 12.1. The molecule has 0 unspecified atom stereocenters. The van der Waals surface area contributed by atoms with Crippen molar-refractivity contribution in [2.24, 2.45) is 9.98 Å². The molecule has 0 amide bonds. The Morgan fingerprint density at radius 2 is 0.714 bits per heavy atom. The van der Waals surface area contributed by atoms with Crippen LogP contribution in [0.4, 0.5) is 75.4 Å². The molecular weight excluding hydrogens is 805 g/mol. The molecule has 2 N–H and O–H groups in total. The molecule has 290 valence electrons. The van der Waals surface area contributed by atoms with Gasteiger partial charge in [0.15, 0.2) is 10.3 Å². The van der Waals surface area contributed by atoms with Crippen LogP contribution in [-0.4, -0.2) is 10.3 Å². The first-order valence-electron chi connectivity index (χ1n) is 15.8. The van der Waals surface area contributed by atoms with Crippen LogP contribution in [0, 0.1) is 0 Å². The zero-order valence-corrected chi connectivity index (χ0v) is 29.5. The standard InChI is InChI=1S/C38H22F12N4S2/c39-35(40,41)21-13-22(36(42,43)44)16-25(15-21)51-33(55)53-29-11-9-19-5-1-3-7-27(19)31(29)32-28-8-4-2-6-20(28)10-12-30(32)54-34(56)52-26-17-23(37(45,46)47)14-24(18-26)38(48,49)50/h1-18H,(H2,51,53,55)(H2,52,54,56). The average Bonchev–Trinajstić information content (AvgIpc) is 3.10. The number of thiol groups is 2. The molecule has 0 heterocycles. The van der Waals surface area contributed by atoms with Gasteiger partial charge in [0.05, 0.1) is 33.6 Å². The Morgan fingerprint density at radius 1 is 0.411 bits per heavy atom. The smallest absolute Gasteiger partial charge is 0.334 e. The Morgan fingerprint density at radius 3 is 1.02 bits per heavy atom. The lowest BCUT2D eigenvalue weighted by molar-refractivity contribution is -0.144. The highest BCUT2D eigenvalue weighted by molar-refractivity contribution is 7.97. The number of amidine groups is 2. The minimum atomic E-state index is -5.13. The molecule has 18 heteroatoms. The largest absolute Gasteiger partial charge is 0.416 e. The minimum absolute atomic E-state index is 0.0393. The van der Waals surface area contributed by atoms with Gasteiger partial charge < -0.3 is 10.6 Å². The fraction of sp³-hybridized carbons (Fsp3) is 0.105. The molecule has 0 spiro atoms. The Kier molecular flexibility index (Phi) is 10.8. The zero-order chi connectivity index (χ0) is 40.8. The number of fused-ring (bicyclic) bond motifs is 2. The van der Waals surface area contributed by atoms with Gasteiger partial charge in [-0.15, -0.1) is 25.3 Å². The van der Waals surface area contributed by atoms with Gasteiger partial charge in [-0.2, -0.15) is 52.7 Å². The minimum Gasteiger partial charge on any atom is -0.334 e. The molecule has 0 aliphatic heterocycles. The lowest BCUT2D eigenvalue weighted by Gasteiger charge is -2.20. The third-order valence-corrected chi connectivity index (χ3v) is 8.64. The summed E-state index contributed by atoms with van der Waals surface area (Å²) < 4.78 is 163. The number of halogens is 12. The molecule has 0 saturated heterocycles. The Hall–Kier alpha value is -5.36. The van der Waals surface area contributed by atoms with Crippen molar-refractivity contribution in [2.75, 3.05) is 10.6 Å². The molecule has 6 aromatic rings. The van der Waals surface area contributed by atoms with E-state index in [1.807, 2.05) is 0 Å². The number of nitrogens with one attached hydrogen (secondary N) is 2. The highest BCUT2D eigenvalue weighted by Gasteiger charge is 2.38. The molecule has 6 rings (SSSR count). The van der Waals surface area contributed by atoms with Crippen LogP contribution >= 0.6 is 25.3 Å². The quantitative estimate of drug-likeness (QED) is 0.0606. The van der Waals surface area contributed by atoms with E-state index in [9.17, 15) is 52.7 Å². The molecule has 0 fully saturated rings. The molecule has 4 nitrogen and oxygen atoms in total. The first kappa shape index (κ1) is 40.3. The zero-order valence-electron chi connectivity index (χ0n) is 27.7. The second kappa shape index (κ2) is 14.9. The Balaban J connectivity index is 1.51. The normalized spacial score (nSPS) is 13.4. The summed E-state index contributed by atoms with van der Waals surface area (Å²) >= 11 is 8.51. The van der Waals surface area contributed by atoms with E-state index in [0.717, 1.165) is 0 Å². The summed E-state index contributed by atoms with van der Waals surface area (Å²) in [6.07, 6.45) is -20.5. The molecule has 0 aliphatic carbocycles. The van der Waals surface area contributed by atoms with Gasteiger partial charge in [0, 0.05) is 22.5 Å². The van der Waals surface area contributed by atoms with Crippen molar-refractivity contribution < 1.29 is 52.7 Å². The van der Waals surface area contributed by atoms with Crippen LogP contribution in [0.5, 0.6) is 0 Å². The number of aliphatic imine (C=N–C) groups is 2. The molecule has 0 aliphatic rings. The summed E-state index contributed by atoms with van der Waals surface area (Å²) in [5, 5.41) is 7.33. The summed E-state index contributed by atoms with van der Waals surface area (Å²) in [6, 6.07) is 21.9. The number of nitrogens with zero attached hydrogens (tertiary/aromatic N) is 2. The SMILES string of the molecule is FC(F)(F)c1cc(N=C(S)Nc2ccc3ccccc3c2-c2c(NC(S)=Nc3cc(C(F)(F)F)cc(C(F)(F)F)c3)ccc3ccccc23)cc(C(F)(F)F)c1. The number of rotatable bonds is 5. The third-order valence-electron chi connectivity index (χ3n) is 8.22. The van der Waals surface area contributed by atoms with Gasteiger partial charge in [0.25, 0.3) is 0 Å². The lowest BCUT2D eigenvalue weighted by Crippen LogP contribution is -2.11. The van der Waals surface area contributed by atoms with E-state index in [2.05, 4.69) is 45.9 Å². The van der Waals surface area contributed by atoms with E-state index in [1.165, 1.54) is 0 Å². The fourth-order valence-corrected chi connectivity index (χ4v) is 6.31. The molecule has 0 saturated carbocycles. The van der Waals surface area contributed by atoms with E-state index in [4.69, 9.17) is 0 Å². The van der Waals surface area contributed by atoms with Gasteiger partial charge in [0.1, 0.15) is 0 Å². The summed E-state index contributed by atoms with van der Waals surface area (Å²) in [4.78, 5) is 7.82. The summed E-state index contributed by atoms with van der Waals surface area (Å²) in [5.74, 6) is 0. The Labute approximate surface area is 319 Å². The summed E-state index contributed by atoms with van der Waals surface area (Å²) in [5.41, 5.74) is -6.62. The maximum Gasteiger partial charge on any atom is 0.416 e. The van der Waals surface area contributed by atoms with Crippen molar-refractivity contribution in [1.29, 1.82) is 0 Å². The van der Waals surface area contributed by atoms with E-state index < -0.39 is 68.7 Å². The second-order valence-corrected chi connectivity index (χ2v) is 12.9. The highest BCUT2D eigenvalue weighted by Crippen LogP contribution is 2.45. The van der Waals surface area contributed by atoms with E-state index >= 15 is 0 Å². The molecular formula is C38H22F12N4S2. The van der Waals surface area contributed by atoms with Crippen LogP contribution in [-0.2, 0) is 24.7 Å². The van der Waals surface area contributed by atoms with Gasteiger partial charge >= 0.3 is 24.7 Å². The average molecular weight is 827 g/mol. The van der Waals surface area contributed by atoms with Gasteiger partial charge in [-0.1, -0.05) is 60.7 Å². The van der Waals surface area contributed by atoms with Gasteiger partial charge in [-0.3, -0.25) is 0 Å². The first-order chi connectivity index (χ1) is 26.1. The molecule has 6 aromatic carbocycles. The van der Waals surface area contributed by atoms with Gasteiger partial charge in [-0.25, -0.2) is 9.98 Å². The number of benzene rings is 6. The van der Waals surface area contributed by atoms with E-state index in [-0.39, 0.29) is 23.5 Å². The van der Waals surface area contributed by atoms with Crippen molar-refractivity contribution >= 4 is 79.9 Å². The third kappa shape index (κ3) is 9.02. The van der Waals surface area contributed by atoms with Crippen LogP contribution in [0.15, 0.2) is 119 Å². The fourth-order valence-electron chi connectivity index (χ4n) is 5.84. The van der Waals surface area contributed by atoms with Crippen molar-refractivity contribution in [3.8, 4) is 11.1 Å². The van der Waals surface area contributed by atoms with Gasteiger partial charge in [-0.05, 0) is 70.1 Å². The number of anilines is 2. The number of hydrogen-bond acceptors (Lipinski definition) is 2. The maximum atomic E-state index is 13.6. The monoisotopic (exact) mass is 826 g/mol. The van der Waals surface area contributed by atoms with Crippen LogP contribution < -0.4 is 10.6 Å². The van der Waals surface area contributed by atoms with Crippen molar-refractivity contribution in [3.05, 3.63) is 131 Å². The molecule has 0 bridgehead atoms. The van der Waals surface area contributed by atoms with Crippen molar-refractivity contribution in [3.63, 3.8) is 0 Å². The number of alkyl halides is 12. The van der Waals surface area contributed by atoms with E-state index in [1.54, 1.807) is 72.8 Å². The summed E-state index contributed by atoms with van der Waals surface area (Å²) in [6.45, 7) is 0. The van der Waals surface area contributed by atoms with Crippen LogP contribution in [0.3, 0.4) is 0 Å². The predicted molar refractivity (Wildman–Crippen MR) is 199 cm³/mol. The first-order valence-corrected chi connectivity index (χ1v) is 16.7. The van der Waals surface area contributed by atoms with Crippen molar-refractivity contribution in [2.45, 2.75) is 24.7 Å². The van der Waals surface area contributed by atoms with Crippen molar-refractivity contribution in [1.82, 2.24) is 0 Å². The highest BCUT2D eigenvalue weighted by atomic mass is 32.1.